The van der Waals surface area contributed by atoms with E-state index in [1.807, 2.05) is 0 Å². The third-order valence-electron chi connectivity index (χ3n) is 3.17. The molecule has 144 valence electrons. The number of nitrogens with one attached hydrogen (secondary N) is 1. The van der Waals surface area contributed by atoms with Gasteiger partial charge in [0.05, 0.1) is 34.2 Å². The van der Waals surface area contributed by atoms with E-state index < -0.39 is 23.6 Å². The number of aromatic nitrogens is 1. The zero-order valence-electron chi connectivity index (χ0n) is 14.0. The van der Waals surface area contributed by atoms with Gasteiger partial charge < -0.3 is 10.1 Å². The molecule has 0 bridgehead atoms. The van der Waals surface area contributed by atoms with Crippen LogP contribution in [-0.2, 0) is 15.7 Å². The second-order valence-electron chi connectivity index (χ2n) is 5.11. The minimum atomic E-state index is -4.55. The lowest BCUT2D eigenvalue weighted by Gasteiger charge is -2.12. The van der Waals surface area contributed by atoms with E-state index in [4.69, 9.17) is 16.3 Å². The van der Waals surface area contributed by atoms with E-state index in [9.17, 15) is 22.8 Å². The van der Waals surface area contributed by atoms with Crippen LogP contribution in [0.2, 0.25) is 5.02 Å². The maximum atomic E-state index is 12.8. The molecule has 2 rings (SSSR count). The van der Waals surface area contributed by atoms with Crippen LogP contribution >= 0.6 is 23.4 Å². The van der Waals surface area contributed by atoms with Crippen LogP contribution in [0.25, 0.3) is 0 Å². The third-order valence-corrected chi connectivity index (χ3v) is 4.51. The number of carbonyl (C=O) groups is 2. The summed E-state index contributed by atoms with van der Waals surface area (Å²) >= 11 is 6.80. The van der Waals surface area contributed by atoms with Crippen molar-refractivity contribution in [2.75, 3.05) is 17.7 Å². The second kappa shape index (κ2) is 9.09. The molecule has 0 unspecified atom stereocenters. The van der Waals surface area contributed by atoms with Crippen LogP contribution in [0, 0.1) is 0 Å². The van der Waals surface area contributed by atoms with Crippen molar-refractivity contribution in [3.05, 3.63) is 52.7 Å². The van der Waals surface area contributed by atoms with Crippen LogP contribution in [-0.4, -0.2) is 29.2 Å². The highest BCUT2D eigenvalue weighted by Crippen LogP contribution is 2.34. The Balaban J connectivity index is 2.07. The summed E-state index contributed by atoms with van der Waals surface area (Å²) in [4.78, 5) is 28.0. The van der Waals surface area contributed by atoms with Crippen molar-refractivity contribution in [1.29, 1.82) is 0 Å². The minimum Gasteiger partial charge on any atom is -0.462 e. The van der Waals surface area contributed by atoms with E-state index in [1.165, 1.54) is 12.3 Å². The number of hydrogen-bond acceptors (Lipinski definition) is 5. The van der Waals surface area contributed by atoms with E-state index in [2.05, 4.69) is 10.3 Å². The maximum absolute atomic E-state index is 12.8. The average molecular weight is 419 g/mol. The number of hydrogen-bond donors (Lipinski definition) is 1. The smallest absolute Gasteiger partial charge is 0.416 e. The predicted octanol–water partition coefficient (Wildman–Crippen LogP) is 4.66. The molecular formula is C17H14ClF3N2O3S. The molecule has 0 spiro atoms. The van der Waals surface area contributed by atoms with E-state index in [0.29, 0.717) is 0 Å². The summed E-state index contributed by atoms with van der Waals surface area (Å²) in [6.45, 7) is 1.85. The van der Waals surface area contributed by atoms with Crippen LogP contribution in [0.1, 0.15) is 22.8 Å². The van der Waals surface area contributed by atoms with Gasteiger partial charge in [0, 0.05) is 6.20 Å². The van der Waals surface area contributed by atoms with Crippen molar-refractivity contribution in [2.45, 2.75) is 18.1 Å². The minimum absolute atomic E-state index is 0.0219. The monoisotopic (exact) mass is 418 g/mol. The number of alkyl halides is 3. The first-order valence-electron chi connectivity index (χ1n) is 7.64. The Labute approximate surface area is 162 Å². The highest BCUT2D eigenvalue weighted by atomic mass is 35.5. The van der Waals surface area contributed by atoms with Gasteiger partial charge in [-0.05, 0) is 37.3 Å². The van der Waals surface area contributed by atoms with Crippen LogP contribution < -0.4 is 5.32 Å². The Kier molecular flexibility index (Phi) is 7.09. The Morgan fingerprint density at radius 3 is 2.70 bits per heavy atom. The van der Waals surface area contributed by atoms with Gasteiger partial charge in [-0.2, -0.15) is 13.2 Å². The molecule has 27 heavy (non-hydrogen) atoms. The van der Waals surface area contributed by atoms with Gasteiger partial charge in [-0.3, -0.25) is 4.79 Å². The number of benzene rings is 1. The molecule has 0 radical (unpaired) electrons. The van der Waals surface area contributed by atoms with Crippen LogP contribution in [0.15, 0.2) is 41.6 Å². The fraction of sp³-hybridized carbons (Fsp3) is 0.235. The summed E-state index contributed by atoms with van der Waals surface area (Å²) in [6, 6.07) is 5.71. The molecule has 1 aromatic carbocycles. The molecule has 0 saturated heterocycles. The van der Waals surface area contributed by atoms with Gasteiger partial charge >= 0.3 is 12.1 Å². The highest BCUT2D eigenvalue weighted by molar-refractivity contribution is 8.00. The molecular weight excluding hydrogens is 405 g/mol. The predicted molar refractivity (Wildman–Crippen MR) is 96.0 cm³/mol. The SMILES string of the molecule is CCOC(=O)c1cccnc1SCC(=O)Nc1cc(C(F)(F)F)ccc1Cl. The van der Waals surface area contributed by atoms with E-state index in [-0.39, 0.29) is 33.7 Å². The van der Waals surface area contributed by atoms with Crippen LogP contribution in [0.5, 0.6) is 0 Å². The number of pyridine rings is 1. The van der Waals surface area contributed by atoms with Crippen molar-refractivity contribution < 1.29 is 27.5 Å². The van der Waals surface area contributed by atoms with Gasteiger partial charge in [-0.1, -0.05) is 23.4 Å². The molecule has 0 saturated carbocycles. The molecule has 0 fully saturated rings. The zero-order valence-corrected chi connectivity index (χ0v) is 15.5. The van der Waals surface area contributed by atoms with Gasteiger partial charge in [0.15, 0.2) is 0 Å². The lowest BCUT2D eigenvalue weighted by atomic mass is 10.2. The lowest BCUT2D eigenvalue weighted by Crippen LogP contribution is -2.16. The van der Waals surface area contributed by atoms with Gasteiger partial charge in [-0.15, -0.1) is 0 Å². The van der Waals surface area contributed by atoms with E-state index >= 15 is 0 Å². The number of esters is 1. The molecule has 2 aromatic rings. The van der Waals surface area contributed by atoms with Crippen molar-refractivity contribution >= 4 is 40.9 Å². The molecule has 1 amide bonds. The highest BCUT2D eigenvalue weighted by Gasteiger charge is 2.31. The lowest BCUT2D eigenvalue weighted by molar-refractivity contribution is -0.137. The quantitative estimate of drug-likeness (QED) is 0.545. The Hall–Kier alpha value is -2.26. The average Bonchev–Trinajstić information content (AvgIpc) is 2.61. The van der Waals surface area contributed by atoms with Gasteiger partial charge in [-0.25, -0.2) is 9.78 Å². The van der Waals surface area contributed by atoms with Crippen molar-refractivity contribution in [2.24, 2.45) is 0 Å². The van der Waals surface area contributed by atoms with Gasteiger partial charge in [0.2, 0.25) is 5.91 Å². The summed E-state index contributed by atoms with van der Waals surface area (Å²) in [5.41, 5.74) is -0.873. The molecule has 5 nitrogen and oxygen atoms in total. The molecule has 10 heteroatoms. The van der Waals surface area contributed by atoms with Crippen molar-refractivity contribution in [1.82, 2.24) is 4.98 Å². The van der Waals surface area contributed by atoms with E-state index in [1.54, 1.807) is 13.0 Å². The van der Waals surface area contributed by atoms with Crippen LogP contribution in [0.3, 0.4) is 0 Å². The first-order chi connectivity index (χ1) is 12.7. The number of rotatable bonds is 6. The summed E-state index contributed by atoms with van der Waals surface area (Å²) in [5, 5.41) is 2.59. The standard InChI is InChI=1S/C17H14ClF3N2O3S/c1-2-26-16(25)11-4-3-7-22-15(11)27-9-14(24)23-13-8-10(17(19,20)21)5-6-12(13)18/h3-8H,2,9H2,1H3,(H,23,24). The zero-order chi connectivity index (χ0) is 20.0. The molecule has 0 aliphatic heterocycles. The molecule has 0 atom stereocenters. The Bertz CT molecular complexity index is 846. The summed E-state index contributed by atoms with van der Waals surface area (Å²) in [5.74, 6) is -1.35. The number of carbonyl (C=O) groups excluding carboxylic acids is 2. The number of nitrogens with zero attached hydrogens (tertiary/aromatic N) is 1. The van der Waals surface area contributed by atoms with Gasteiger partial charge in [0.1, 0.15) is 5.03 Å². The molecule has 1 N–H and O–H groups in total. The number of anilines is 1. The third kappa shape index (κ3) is 5.86. The van der Waals surface area contributed by atoms with E-state index in [0.717, 1.165) is 30.0 Å². The fourth-order valence-corrected chi connectivity index (χ4v) is 2.93. The largest absolute Gasteiger partial charge is 0.462 e. The molecule has 1 heterocycles. The summed E-state index contributed by atoms with van der Waals surface area (Å²) in [6.07, 6.45) is -3.10. The summed E-state index contributed by atoms with van der Waals surface area (Å²) in [7, 11) is 0. The first kappa shape index (κ1) is 21.0. The Morgan fingerprint density at radius 1 is 1.30 bits per heavy atom. The Morgan fingerprint density at radius 2 is 2.04 bits per heavy atom. The topological polar surface area (TPSA) is 68.3 Å². The fourth-order valence-electron chi connectivity index (χ4n) is 1.99. The maximum Gasteiger partial charge on any atom is 0.416 e. The number of ether oxygens (including phenoxy) is 1. The normalized spacial score (nSPS) is 11.1. The molecule has 0 aliphatic carbocycles. The number of thioether (sulfide) groups is 1. The number of amides is 1. The summed E-state index contributed by atoms with van der Waals surface area (Å²) < 4.78 is 43.2. The van der Waals surface area contributed by atoms with Crippen LogP contribution in [0.4, 0.5) is 18.9 Å². The second-order valence-corrected chi connectivity index (χ2v) is 6.48. The molecule has 1 aromatic heterocycles. The van der Waals surface area contributed by atoms with Crippen molar-refractivity contribution in [3.63, 3.8) is 0 Å². The van der Waals surface area contributed by atoms with Crippen molar-refractivity contribution in [3.8, 4) is 0 Å². The number of halogens is 4. The van der Waals surface area contributed by atoms with Gasteiger partial charge in [0.25, 0.3) is 0 Å². The molecule has 0 aliphatic rings. The first-order valence-corrected chi connectivity index (χ1v) is 9.00.